The molecule has 122 valence electrons. The highest BCUT2D eigenvalue weighted by atomic mass is 32.1. The van der Waals surface area contributed by atoms with Crippen molar-refractivity contribution < 1.29 is 4.79 Å². The van der Waals surface area contributed by atoms with Crippen LogP contribution < -0.4 is 5.32 Å². The van der Waals surface area contributed by atoms with Crippen molar-refractivity contribution in [2.75, 3.05) is 19.4 Å². The molecule has 0 unspecified atom stereocenters. The van der Waals surface area contributed by atoms with Crippen LogP contribution in [0.25, 0.3) is 11.3 Å². The average Bonchev–Trinajstić information content (AvgIpc) is 3.04. The van der Waals surface area contributed by atoms with Crippen molar-refractivity contribution in [3.05, 3.63) is 65.3 Å². The maximum atomic E-state index is 12.1. The molecule has 2 heterocycles. The lowest BCUT2D eigenvalue weighted by Crippen LogP contribution is -2.13. The number of carbonyl (C=O) groups is 1. The molecule has 0 bridgehead atoms. The van der Waals surface area contributed by atoms with Crippen LogP contribution in [-0.2, 0) is 6.54 Å². The monoisotopic (exact) mass is 338 g/mol. The van der Waals surface area contributed by atoms with E-state index in [4.69, 9.17) is 0 Å². The molecule has 3 rings (SSSR count). The number of hydrogen-bond donors (Lipinski definition) is 1. The fourth-order valence-electron chi connectivity index (χ4n) is 2.32. The Morgan fingerprint density at radius 3 is 2.83 bits per heavy atom. The van der Waals surface area contributed by atoms with Gasteiger partial charge in [0.25, 0.3) is 5.91 Å². The zero-order chi connectivity index (χ0) is 16.9. The summed E-state index contributed by atoms with van der Waals surface area (Å²) in [5, 5.41) is 5.31. The number of benzene rings is 1. The van der Waals surface area contributed by atoms with Crippen LogP contribution in [0.4, 0.5) is 5.13 Å². The smallest absolute Gasteiger partial charge is 0.276 e. The van der Waals surface area contributed by atoms with Crippen LogP contribution in [-0.4, -0.2) is 34.9 Å². The van der Waals surface area contributed by atoms with Crippen molar-refractivity contribution in [3.63, 3.8) is 0 Å². The van der Waals surface area contributed by atoms with Crippen LogP contribution in [0.15, 0.2) is 54.0 Å². The average molecular weight is 338 g/mol. The third-order valence-corrected chi connectivity index (χ3v) is 4.10. The quantitative estimate of drug-likeness (QED) is 0.773. The van der Waals surface area contributed by atoms with Crippen LogP contribution >= 0.6 is 11.3 Å². The number of nitrogens with one attached hydrogen (secondary N) is 1. The predicted octanol–water partition coefficient (Wildman–Crippen LogP) is 3.52. The minimum Gasteiger partial charge on any atom is -0.305 e. The maximum Gasteiger partial charge on any atom is 0.276 e. The first-order chi connectivity index (χ1) is 11.6. The van der Waals surface area contributed by atoms with E-state index in [0.717, 1.165) is 17.8 Å². The van der Waals surface area contributed by atoms with Gasteiger partial charge in [0.05, 0.1) is 5.69 Å². The third kappa shape index (κ3) is 4.04. The van der Waals surface area contributed by atoms with E-state index in [1.165, 1.54) is 16.9 Å². The Labute approximate surface area is 145 Å². The molecule has 0 atom stereocenters. The Bertz CT molecular complexity index is 830. The second-order valence-electron chi connectivity index (χ2n) is 5.65. The van der Waals surface area contributed by atoms with Crippen molar-refractivity contribution in [2.24, 2.45) is 0 Å². The number of thiazole rings is 1. The number of anilines is 1. The molecule has 0 radical (unpaired) electrons. The normalized spacial score (nSPS) is 10.8. The van der Waals surface area contributed by atoms with Crippen LogP contribution in [0, 0.1) is 0 Å². The van der Waals surface area contributed by atoms with E-state index < -0.39 is 0 Å². The fraction of sp³-hybridized carbons (Fsp3) is 0.167. The molecule has 3 aromatic rings. The molecule has 24 heavy (non-hydrogen) atoms. The number of nitrogens with zero attached hydrogens (tertiary/aromatic N) is 3. The van der Waals surface area contributed by atoms with E-state index in [1.54, 1.807) is 24.4 Å². The molecule has 0 aliphatic heterocycles. The first-order valence-electron chi connectivity index (χ1n) is 7.54. The number of aromatic nitrogens is 2. The highest BCUT2D eigenvalue weighted by molar-refractivity contribution is 7.14. The summed E-state index contributed by atoms with van der Waals surface area (Å²) in [6.07, 6.45) is 1.60. The molecule has 0 saturated heterocycles. The van der Waals surface area contributed by atoms with Crippen molar-refractivity contribution >= 4 is 22.4 Å². The summed E-state index contributed by atoms with van der Waals surface area (Å²) < 4.78 is 0. The van der Waals surface area contributed by atoms with Gasteiger partial charge in [0, 0.05) is 23.7 Å². The Balaban J connectivity index is 1.75. The molecule has 1 N–H and O–H groups in total. The van der Waals surface area contributed by atoms with E-state index in [-0.39, 0.29) is 5.91 Å². The first kappa shape index (κ1) is 16.3. The highest BCUT2D eigenvalue weighted by Crippen LogP contribution is 2.26. The molecule has 1 aromatic carbocycles. The van der Waals surface area contributed by atoms with Crippen LogP contribution in [0.5, 0.6) is 0 Å². The number of carbonyl (C=O) groups excluding carboxylic acids is 1. The summed E-state index contributed by atoms with van der Waals surface area (Å²) in [4.78, 5) is 22.8. The summed E-state index contributed by atoms with van der Waals surface area (Å²) in [5.41, 5.74) is 3.51. The molecule has 1 amide bonds. The Kier molecular flexibility index (Phi) is 4.98. The van der Waals surface area contributed by atoms with E-state index in [9.17, 15) is 4.79 Å². The number of amides is 1. The van der Waals surface area contributed by atoms with E-state index in [2.05, 4.69) is 32.3 Å². The minimum atomic E-state index is -0.252. The number of pyridine rings is 1. The van der Waals surface area contributed by atoms with Gasteiger partial charge in [-0.25, -0.2) is 4.98 Å². The molecular weight excluding hydrogens is 320 g/mol. The lowest BCUT2D eigenvalue weighted by atomic mass is 10.1. The van der Waals surface area contributed by atoms with Crippen molar-refractivity contribution in [2.45, 2.75) is 6.54 Å². The zero-order valence-electron chi connectivity index (χ0n) is 13.6. The van der Waals surface area contributed by atoms with Crippen molar-refractivity contribution in [1.29, 1.82) is 0 Å². The third-order valence-electron chi connectivity index (χ3n) is 3.34. The Morgan fingerprint density at radius 1 is 1.21 bits per heavy atom. The summed E-state index contributed by atoms with van der Waals surface area (Å²) in [5.74, 6) is -0.252. The van der Waals surface area contributed by atoms with Crippen molar-refractivity contribution in [3.8, 4) is 11.3 Å². The topological polar surface area (TPSA) is 58.1 Å². The summed E-state index contributed by atoms with van der Waals surface area (Å²) >= 11 is 1.41. The fourth-order valence-corrected chi connectivity index (χ4v) is 3.03. The number of hydrogen-bond acceptors (Lipinski definition) is 5. The molecule has 0 aliphatic rings. The van der Waals surface area contributed by atoms with Gasteiger partial charge in [-0.3, -0.25) is 15.1 Å². The van der Waals surface area contributed by atoms with Gasteiger partial charge in [-0.2, -0.15) is 0 Å². The summed E-state index contributed by atoms with van der Waals surface area (Å²) in [7, 11) is 4.08. The zero-order valence-corrected chi connectivity index (χ0v) is 14.4. The lowest BCUT2D eigenvalue weighted by molar-refractivity contribution is 0.102. The summed E-state index contributed by atoms with van der Waals surface area (Å²) in [6.45, 7) is 0.876. The summed E-state index contributed by atoms with van der Waals surface area (Å²) in [6, 6.07) is 13.5. The van der Waals surface area contributed by atoms with Gasteiger partial charge in [0.1, 0.15) is 5.69 Å². The minimum absolute atomic E-state index is 0.252. The molecular formula is C18H18N4OS. The largest absolute Gasteiger partial charge is 0.305 e. The first-order valence-corrected chi connectivity index (χ1v) is 8.42. The second kappa shape index (κ2) is 7.33. The Hall–Kier alpha value is -2.57. The van der Waals surface area contributed by atoms with Gasteiger partial charge in [-0.1, -0.05) is 24.3 Å². The molecule has 6 heteroatoms. The van der Waals surface area contributed by atoms with Gasteiger partial charge >= 0.3 is 0 Å². The predicted molar refractivity (Wildman–Crippen MR) is 97.1 cm³/mol. The van der Waals surface area contributed by atoms with Crippen molar-refractivity contribution in [1.82, 2.24) is 14.9 Å². The molecule has 0 spiro atoms. The Morgan fingerprint density at radius 2 is 2.08 bits per heavy atom. The van der Waals surface area contributed by atoms with E-state index in [0.29, 0.717) is 10.8 Å². The van der Waals surface area contributed by atoms with E-state index in [1.807, 2.05) is 31.6 Å². The van der Waals surface area contributed by atoms with Gasteiger partial charge in [-0.05, 0) is 37.9 Å². The standard InChI is InChI=1S/C18H18N4OS/c1-22(2)11-13-6-5-7-14(10-13)16-12-24-18(20-16)21-17(23)15-8-3-4-9-19-15/h3-10,12H,11H2,1-2H3,(H,20,21,23). The molecule has 0 aliphatic carbocycles. The highest BCUT2D eigenvalue weighted by Gasteiger charge is 2.11. The van der Waals surface area contributed by atoms with Gasteiger partial charge in [-0.15, -0.1) is 11.3 Å². The molecule has 2 aromatic heterocycles. The van der Waals surface area contributed by atoms with Crippen LogP contribution in [0.2, 0.25) is 0 Å². The molecule has 0 saturated carbocycles. The van der Waals surface area contributed by atoms with E-state index >= 15 is 0 Å². The SMILES string of the molecule is CN(C)Cc1cccc(-c2csc(NC(=O)c3ccccn3)n2)c1. The molecule has 5 nitrogen and oxygen atoms in total. The van der Waals surface area contributed by atoms with Gasteiger partial charge < -0.3 is 4.90 Å². The van der Waals surface area contributed by atoms with Gasteiger partial charge in [0.2, 0.25) is 0 Å². The second-order valence-corrected chi connectivity index (χ2v) is 6.50. The maximum absolute atomic E-state index is 12.1. The lowest BCUT2D eigenvalue weighted by Gasteiger charge is -2.10. The van der Waals surface area contributed by atoms with Crippen LogP contribution in [0.3, 0.4) is 0 Å². The van der Waals surface area contributed by atoms with Crippen LogP contribution in [0.1, 0.15) is 16.1 Å². The van der Waals surface area contributed by atoms with Gasteiger partial charge in [0.15, 0.2) is 5.13 Å². The molecule has 0 fully saturated rings. The number of rotatable bonds is 5.